The quantitative estimate of drug-likeness (QED) is 0.836. The molecule has 2 amide bonds. The minimum atomic E-state index is -0.0556. The second-order valence-corrected chi connectivity index (χ2v) is 8.44. The molecule has 148 valence electrons. The summed E-state index contributed by atoms with van der Waals surface area (Å²) >= 11 is 1.44. The predicted molar refractivity (Wildman–Crippen MR) is 109 cm³/mol. The Kier molecular flexibility index (Phi) is 5.57. The van der Waals surface area contributed by atoms with E-state index in [0.717, 1.165) is 43.0 Å². The number of anilines is 2. The zero-order valence-electron chi connectivity index (χ0n) is 16.1. The molecule has 1 N–H and O–H groups in total. The van der Waals surface area contributed by atoms with Gasteiger partial charge in [-0.1, -0.05) is 41.2 Å². The highest BCUT2D eigenvalue weighted by molar-refractivity contribution is 7.19. The number of piperidine rings is 1. The molecule has 1 aromatic carbocycles. The molecule has 4 rings (SSSR count). The van der Waals surface area contributed by atoms with Gasteiger partial charge in [0.2, 0.25) is 22.1 Å². The van der Waals surface area contributed by atoms with Crippen LogP contribution in [0.4, 0.5) is 10.3 Å². The van der Waals surface area contributed by atoms with Crippen LogP contribution in [0.25, 0.3) is 0 Å². The molecule has 8 heteroatoms. The standard InChI is InChI=1S/C20H25N5O2S/c1-14-6-8-15(9-7-14)12-21-18(27)16-4-2-10-24(13-16)19-22-23-20(28-19)25-11-3-5-17(25)26/h6-9,16H,2-5,10-13H2,1H3,(H,21,27). The summed E-state index contributed by atoms with van der Waals surface area (Å²) < 4.78 is 0. The number of nitrogens with one attached hydrogen (secondary N) is 1. The Bertz CT molecular complexity index is 851. The van der Waals surface area contributed by atoms with E-state index in [1.807, 2.05) is 12.1 Å². The lowest BCUT2D eigenvalue weighted by Crippen LogP contribution is -2.43. The number of nitrogens with zero attached hydrogens (tertiary/aromatic N) is 4. The number of aromatic nitrogens is 2. The van der Waals surface area contributed by atoms with Crippen molar-refractivity contribution in [3.63, 3.8) is 0 Å². The van der Waals surface area contributed by atoms with E-state index in [-0.39, 0.29) is 17.7 Å². The van der Waals surface area contributed by atoms with Crippen molar-refractivity contribution < 1.29 is 9.59 Å². The van der Waals surface area contributed by atoms with Crippen LogP contribution in [0, 0.1) is 12.8 Å². The van der Waals surface area contributed by atoms with Gasteiger partial charge in [-0.25, -0.2) is 0 Å². The monoisotopic (exact) mass is 399 g/mol. The molecule has 0 spiro atoms. The van der Waals surface area contributed by atoms with Crippen LogP contribution in [-0.4, -0.2) is 41.6 Å². The van der Waals surface area contributed by atoms with Crippen LogP contribution < -0.4 is 15.1 Å². The molecule has 2 aliphatic rings. The van der Waals surface area contributed by atoms with E-state index in [2.05, 4.69) is 39.5 Å². The molecular weight excluding hydrogens is 374 g/mol. The van der Waals surface area contributed by atoms with Crippen molar-refractivity contribution >= 4 is 33.4 Å². The average Bonchev–Trinajstić information content (AvgIpc) is 3.36. The SMILES string of the molecule is Cc1ccc(CNC(=O)C2CCCN(c3nnc(N4CCCC4=O)s3)C2)cc1. The largest absolute Gasteiger partial charge is 0.352 e. The fourth-order valence-corrected chi connectivity index (χ4v) is 4.62. The smallest absolute Gasteiger partial charge is 0.228 e. The Balaban J connectivity index is 1.35. The van der Waals surface area contributed by atoms with Gasteiger partial charge in [0.25, 0.3) is 0 Å². The molecule has 7 nitrogen and oxygen atoms in total. The Hall–Kier alpha value is -2.48. The van der Waals surface area contributed by atoms with Crippen molar-refractivity contribution in [3.05, 3.63) is 35.4 Å². The van der Waals surface area contributed by atoms with Crippen molar-refractivity contribution in [2.75, 3.05) is 29.4 Å². The maximum absolute atomic E-state index is 12.6. The lowest BCUT2D eigenvalue weighted by Gasteiger charge is -2.31. The molecule has 3 heterocycles. The highest BCUT2D eigenvalue weighted by Crippen LogP contribution is 2.32. The van der Waals surface area contributed by atoms with Crippen LogP contribution in [0.15, 0.2) is 24.3 Å². The van der Waals surface area contributed by atoms with Gasteiger partial charge >= 0.3 is 0 Å². The van der Waals surface area contributed by atoms with Crippen molar-refractivity contribution in [1.82, 2.24) is 15.5 Å². The van der Waals surface area contributed by atoms with Crippen LogP contribution >= 0.6 is 11.3 Å². The second kappa shape index (κ2) is 8.26. The number of rotatable bonds is 5. The van der Waals surface area contributed by atoms with Gasteiger partial charge in [-0.2, -0.15) is 0 Å². The summed E-state index contributed by atoms with van der Waals surface area (Å²) in [6, 6.07) is 8.21. The van der Waals surface area contributed by atoms with Crippen molar-refractivity contribution in [1.29, 1.82) is 0 Å². The van der Waals surface area contributed by atoms with E-state index in [1.165, 1.54) is 16.9 Å². The minimum absolute atomic E-state index is 0.0556. The first-order valence-electron chi connectivity index (χ1n) is 9.82. The Morgan fingerprint density at radius 1 is 1.18 bits per heavy atom. The highest BCUT2D eigenvalue weighted by Gasteiger charge is 2.29. The topological polar surface area (TPSA) is 78.4 Å². The summed E-state index contributed by atoms with van der Waals surface area (Å²) in [6.45, 7) is 4.83. The Morgan fingerprint density at radius 3 is 2.71 bits per heavy atom. The van der Waals surface area contributed by atoms with E-state index in [4.69, 9.17) is 0 Å². The molecule has 2 aliphatic heterocycles. The van der Waals surface area contributed by atoms with E-state index in [0.29, 0.717) is 24.6 Å². The van der Waals surface area contributed by atoms with Gasteiger partial charge in [0, 0.05) is 32.6 Å². The molecule has 2 saturated heterocycles. The van der Waals surface area contributed by atoms with Gasteiger partial charge in [-0.3, -0.25) is 14.5 Å². The number of hydrogen-bond donors (Lipinski definition) is 1. The van der Waals surface area contributed by atoms with Gasteiger partial charge in [0.15, 0.2) is 0 Å². The predicted octanol–water partition coefficient (Wildman–Crippen LogP) is 2.51. The fraction of sp³-hybridized carbons (Fsp3) is 0.500. The van der Waals surface area contributed by atoms with Gasteiger partial charge < -0.3 is 10.2 Å². The molecule has 0 radical (unpaired) electrons. The molecule has 0 aliphatic carbocycles. The first-order chi connectivity index (χ1) is 13.6. The van der Waals surface area contributed by atoms with Crippen LogP contribution in [0.1, 0.15) is 36.8 Å². The summed E-state index contributed by atoms with van der Waals surface area (Å²) in [7, 11) is 0. The number of carbonyl (C=O) groups is 2. The van der Waals surface area contributed by atoms with Crippen LogP contribution in [0.5, 0.6) is 0 Å². The fourth-order valence-electron chi connectivity index (χ4n) is 3.70. The molecule has 1 aromatic heterocycles. The summed E-state index contributed by atoms with van der Waals surface area (Å²) in [4.78, 5) is 28.4. The first kappa shape index (κ1) is 18.9. The highest BCUT2D eigenvalue weighted by atomic mass is 32.1. The van der Waals surface area contributed by atoms with E-state index in [9.17, 15) is 9.59 Å². The molecule has 1 unspecified atom stereocenters. The van der Waals surface area contributed by atoms with Crippen molar-refractivity contribution in [3.8, 4) is 0 Å². The summed E-state index contributed by atoms with van der Waals surface area (Å²) in [5.41, 5.74) is 2.32. The number of hydrogen-bond acceptors (Lipinski definition) is 6. The summed E-state index contributed by atoms with van der Waals surface area (Å²) in [6.07, 6.45) is 3.29. The van der Waals surface area contributed by atoms with Crippen LogP contribution in [0.2, 0.25) is 0 Å². The Labute approximate surface area is 168 Å². The number of carbonyl (C=O) groups excluding carboxylic acids is 2. The zero-order valence-corrected chi connectivity index (χ0v) is 16.9. The maximum atomic E-state index is 12.6. The number of amides is 2. The third kappa shape index (κ3) is 4.16. The second-order valence-electron chi connectivity index (χ2n) is 7.50. The van der Waals surface area contributed by atoms with Gasteiger partial charge in [0.05, 0.1) is 5.92 Å². The maximum Gasteiger partial charge on any atom is 0.228 e. The van der Waals surface area contributed by atoms with Crippen molar-refractivity contribution in [2.45, 2.75) is 39.2 Å². The minimum Gasteiger partial charge on any atom is -0.352 e. The van der Waals surface area contributed by atoms with E-state index in [1.54, 1.807) is 4.90 Å². The summed E-state index contributed by atoms with van der Waals surface area (Å²) in [5.74, 6) is 0.152. The van der Waals surface area contributed by atoms with Crippen molar-refractivity contribution in [2.24, 2.45) is 5.92 Å². The molecule has 0 bridgehead atoms. The van der Waals surface area contributed by atoms with Crippen LogP contribution in [-0.2, 0) is 16.1 Å². The summed E-state index contributed by atoms with van der Waals surface area (Å²) in [5, 5.41) is 13.0. The van der Waals surface area contributed by atoms with Crippen LogP contribution in [0.3, 0.4) is 0 Å². The van der Waals surface area contributed by atoms with E-state index >= 15 is 0 Å². The number of benzene rings is 1. The molecule has 2 fully saturated rings. The lowest BCUT2D eigenvalue weighted by atomic mass is 9.97. The first-order valence-corrected chi connectivity index (χ1v) is 10.6. The van der Waals surface area contributed by atoms with Gasteiger partial charge in [-0.15, -0.1) is 10.2 Å². The third-order valence-electron chi connectivity index (χ3n) is 5.36. The molecule has 1 atom stereocenters. The average molecular weight is 400 g/mol. The normalized spacial score (nSPS) is 19.9. The molecular formula is C20H25N5O2S. The zero-order chi connectivity index (χ0) is 19.5. The van der Waals surface area contributed by atoms with Gasteiger partial charge in [0.1, 0.15) is 0 Å². The van der Waals surface area contributed by atoms with E-state index < -0.39 is 0 Å². The molecule has 0 saturated carbocycles. The third-order valence-corrected chi connectivity index (χ3v) is 6.37. The molecule has 2 aromatic rings. The number of aryl methyl sites for hydroxylation is 1. The molecule has 28 heavy (non-hydrogen) atoms. The van der Waals surface area contributed by atoms with Gasteiger partial charge in [-0.05, 0) is 31.7 Å². The Morgan fingerprint density at radius 2 is 1.96 bits per heavy atom. The lowest BCUT2D eigenvalue weighted by molar-refractivity contribution is -0.125.